The fraction of sp³-hybridized carbons (Fsp3) is 0.389. The lowest BCUT2D eigenvalue weighted by molar-refractivity contribution is -0.145. The first-order valence-electron chi connectivity index (χ1n) is 8.24. The van der Waals surface area contributed by atoms with Gasteiger partial charge in [0.25, 0.3) is 0 Å². The van der Waals surface area contributed by atoms with Gasteiger partial charge in [0, 0.05) is 31.5 Å². The Hall–Kier alpha value is -2.70. The number of halogens is 1. The van der Waals surface area contributed by atoms with E-state index in [1.54, 1.807) is 23.2 Å². The third-order valence-electron chi connectivity index (χ3n) is 4.36. The van der Waals surface area contributed by atoms with E-state index in [1.807, 2.05) is 0 Å². The van der Waals surface area contributed by atoms with Crippen LogP contribution in [0.5, 0.6) is 0 Å². The van der Waals surface area contributed by atoms with Gasteiger partial charge in [-0.1, -0.05) is 0 Å². The van der Waals surface area contributed by atoms with Crippen LogP contribution in [0.3, 0.4) is 0 Å². The highest BCUT2D eigenvalue weighted by molar-refractivity contribution is 5.78. The van der Waals surface area contributed by atoms with Gasteiger partial charge in [-0.2, -0.15) is 0 Å². The molecule has 1 aromatic heterocycles. The molecule has 1 aromatic carbocycles. The number of rotatable bonds is 5. The molecule has 3 rings (SSSR count). The van der Waals surface area contributed by atoms with Gasteiger partial charge in [0.15, 0.2) is 11.7 Å². The largest absolute Gasteiger partial charge is 0.481 e. The summed E-state index contributed by atoms with van der Waals surface area (Å²) < 4.78 is 18.6. The van der Waals surface area contributed by atoms with Crippen molar-refractivity contribution in [1.29, 1.82) is 0 Å². The van der Waals surface area contributed by atoms with Crippen LogP contribution < -0.4 is 0 Å². The second-order valence-electron chi connectivity index (χ2n) is 6.14. The molecule has 2 heterocycles. The van der Waals surface area contributed by atoms with Crippen molar-refractivity contribution in [2.45, 2.75) is 25.7 Å². The van der Waals surface area contributed by atoms with Crippen LogP contribution in [0, 0.1) is 11.7 Å². The first kappa shape index (κ1) is 17.1. The number of hydrogen-bond donors (Lipinski definition) is 1. The van der Waals surface area contributed by atoms with E-state index < -0.39 is 11.9 Å². The number of carboxylic acid groups (broad SMARTS) is 1. The number of aliphatic carboxylic acids is 1. The SMILES string of the molecule is O=C(O)[C@H]1CCCN(C(=O)CCc2ncc(-c3ccc(F)cc3)o2)C1. The molecular weight excluding hydrogens is 327 g/mol. The van der Waals surface area contributed by atoms with Gasteiger partial charge in [0.05, 0.1) is 12.1 Å². The van der Waals surface area contributed by atoms with Crippen molar-refractivity contribution >= 4 is 11.9 Å². The average Bonchev–Trinajstić information content (AvgIpc) is 3.09. The third kappa shape index (κ3) is 4.23. The first-order chi connectivity index (χ1) is 12.0. The Balaban J connectivity index is 1.56. The summed E-state index contributed by atoms with van der Waals surface area (Å²) in [6.45, 7) is 0.857. The number of benzene rings is 1. The highest BCUT2D eigenvalue weighted by atomic mass is 19.1. The second kappa shape index (κ2) is 7.46. The molecule has 6 nitrogen and oxygen atoms in total. The molecule has 0 unspecified atom stereocenters. The van der Waals surface area contributed by atoms with Gasteiger partial charge in [-0.3, -0.25) is 9.59 Å². The number of carbonyl (C=O) groups is 2. The summed E-state index contributed by atoms with van der Waals surface area (Å²) in [5, 5.41) is 9.09. The molecule has 132 valence electrons. The quantitative estimate of drug-likeness (QED) is 0.900. The summed E-state index contributed by atoms with van der Waals surface area (Å²) in [6, 6.07) is 5.89. The van der Waals surface area contributed by atoms with Crippen molar-refractivity contribution in [1.82, 2.24) is 9.88 Å². The lowest BCUT2D eigenvalue weighted by Gasteiger charge is -2.30. The smallest absolute Gasteiger partial charge is 0.308 e. The molecule has 1 amide bonds. The third-order valence-corrected chi connectivity index (χ3v) is 4.36. The van der Waals surface area contributed by atoms with Crippen LogP contribution in [0.25, 0.3) is 11.3 Å². The minimum absolute atomic E-state index is 0.0903. The Morgan fingerprint density at radius 2 is 2.08 bits per heavy atom. The highest BCUT2D eigenvalue weighted by Gasteiger charge is 2.28. The van der Waals surface area contributed by atoms with Gasteiger partial charge < -0.3 is 14.4 Å². The topological polar surface area (TPSA) is 83.6 Å². The number of aryl methyl sites for hydroxylation is 1. The molecule has 0 bridgehead atoms. The molecule has 1 aliphatic heterocycles. The van der Waals surface area contributed by atoms with Gasteiger partial charge in [-0.25, -0.2) is 9.37 Å². The fourth-order valence-corrected chi connectivity index (χ4v) is 2.95. The van der Waals surface area contributed by atoms with E-state index in [1.165, 1.54) is 12.1 Å². The van der Waals surface area contributed by atoms with Crippen LogP contribution in [0.1, 0.15) is 25.2 Å². The maximum atomic E-state index is 12.9. The fourth-order valence-electron chi connectivity index (χ4n) is 2.95. The van der Waals surface area contributed by atoms with E-state index in [4.69, 9.17) is 9.52 Å². The monoisotopic (exact) mass is 346 g/mol. The number of carbonyl (C=O) groups excluding carboxylic acids is 1. The minimum Gasteiger partial charge on any atom is -0.481 e. The van der Waals surface area contributed by atoms with Crippen LogP contribution >= 0.6 is 0 Å². The zero-order chi connectivity index (χ0) is 17.8. The van der Waals surface area contributed by atoms with E-state index >= 15 is 0 Å². The van der Waals surface area contributed by atoms with Gasteiger partial charge in [-0.05, 0) is 37.1 Å². The Morgan fingerprint density at radius 1 is 1.32 bits per heavy atom. The lowest BCUT2D eigenvalue weighted by Crippen LogP contribution is -2.42. The van der Waals surface area contributed by atoms with E-state index in [0.717, 1.165) is 0 Å². The molecule has 1 fully saturated rings. The van der Waals surface area contributed by atoms with E-state index in [0.29, 0.717) is 43.0 Å². The van der Waals surface area contributed by atoms with Gasteiger partial charge in [-0.15, -0.1) is 0 Å². The molecule has 1 atom stereocenters. The molecule has 0 spiro atoms. The van der Waals surface area contributed by atoms with Gasteiger partial charge >= 0.3 is 5.97 Å². The van der Waals surface area contributed by atoms with Gasteiger partial charge in [0.2, 0.25) is 5.91 Å². The molecular formula is C18H19FN2O4. The van der Waals surface area contributed by atoms with Crippen LogP contribution in [-0.2, 0) is 16.0 Å². The summed E-state index contributed by atoms with van der Waals surface area (Å²) in [6.07, 6.45) is 3.43. The van der Waals surface area contributed by atoms with Crippen LogP contribution in [0.15, 0.2) is 34.9 Å². The summed E-state index contributed by atoms with van der Waals surface area (Å²) in [4.78, 5) is 29.1. The summed E-state index contributed by atoms with van der Waals surface area (Å²) in [5.41, 5.74) is 0.715. The van der Waals surface area contributed by atoms with Crippen LogP contribution in [-0.4, -0.2) is 40.0 Å². The van der Waals surface area contributed by atoms with Crippen molar-refractivity contribution in [3.63, 3.8) is 0 Å². The van der Waals surface area contributed by atoms with Crippen molar-refractivity contribution in [3.8, 4) is 11.3 Å². The van der Waals surface area contributed by atoms with Crippen molar-refractivity contribution in [2.75, 3.05) is 13.1 Å². The number of nitrogens with zero attached hydrogens (tertiary/aromatic N) is 2. The van der Waals surface area contributed by atoms with E-state index in [2.05, 4.69) is 4.98 Å². The summed E-state index contributed by atoms with van der Waals surface area (Å²) >= 11 is 0. The lowest BCUT2D eigenvalue weighted by atomic mass is 9.98. The molecule has 25 heavy (non-hydrogen) atoms. The Bertz CT molecular complexity index is 757. The normalized spacial score (nSPS) is 17.5. The minimum atomic E-state index is -0.853. The van der Waals surface area contributed by atoms with Gasteiger partial charge in [0.1, 0.15) is 5.82 Å². The number of aromatic nitrogens is 1. The predicted octanol–water partition coefficient (Wildman–Crippen LogP) is 2.74. The van der Waals surface area contributed by atoms with Crippen molar-refractivity contribution in [2.24, 2.45) is 5.92 Å². The second-order valence-corrected chi connectivity index (χ2v) is 6.14. The molecule has 1 aliphatic rings. The Kier molecular flexibility index (Phi) is 5.11. The van der Waals surface area contributed by atoms with Crippen LogP contribution in [0.4, 0.5) is 4.39 Å². The highest BCUT2D eigenvalue weighted by Crippen LogP contribution is 2.22. The van der Waals surface area contributed by atoms with E-state index in [9.17, 15) is 14.0 Å². The number of hydrogen-bond acceptors (Lipinski definition) is 4. The number of oxazole rings is 1. The van der Waals surface area contributed by atoms with E-state index in [-0.39, 0.29) is 24.7 Å². The maximum Gasteiger partial charge on any atom is 0.308 e. The molecule has 7 heteroatoms. The molecule has 1 N–H and O–H groups in total. The zero-order valence-electron chi connectivity index (χ0n) is 13.7. The molecule has 0 aliphatic carbocycles. The van der Waals surface area contributed by atoms with Crippen molar-refractivity contribution < 1.29 is 23.5 Å². The number of piperidine rings is 1. The molecule has 2 aromatic rings. The zero-order valence-corrected chi connectivity index (χ0v) is 13.7. The number of likely N-dealkylation sites (tertiary alicyclic amines) is 1. The standard InChI is InChI=1S/C18H19FN2O4/c19-14-5-3-12(4-6-14)15-10-20-16(25-15)7-8-17(22)21-9-1-2-13(11-21)18(23)24/h3-6,10,13H,1-2,7-9,11H2,(H,23,24)/t13-/m0/s1. The van der Waals surface area contributed by atoms with Crippen molar-refractivity contribution in [3.05, 3.63) is 42.2 Å². The predicted molar refractivity (Wildman–Crippen MR) is 87.2 cm³/mol. The molecule has 1 saturated heterocycles. The Labute approximate surface area is 144 Å². The average molecular weight is 346 g/mol. The molecule has 0 radical (unpaired) electrons. The number of carboxylic acids is 1. The Morgan fingerprint density at radius 3 is 2.80 bits per heavy atom. The number of amides is 1. The summed E-state index contributed by atoms with van der Waals surface area (Å²) in [7, 11) is 0. The first-order valence-corrected chi connectivity index (χ1v) is 8.24. The summed E-state index contributed by atoms with van der Waals surface area (Å²) in [5.74, 6) is -0.799. The van der Waals surface area contributed by atoms with Crippen LogP contribution in [0.2, 0.25) is 0 Å². The molecule has 0 saturated carbocycles. The maximum absolute atomic E-state index is 12.9.